The van der Waals surface area contributed by atoms with Gasteiger partial charge in [-0.05, 0) is 18.8 Å². The summed E-state index contributed by atoms with van der Waals surface area (Å²) in [6, 6.07) is 0.368. The van der Waals surface area contributed by atoms with Crippen molar-refractivity contribution in [2.75, 3.05) is 0 Å². The van der Waals surface area contributed by atoms with Crippen molar-refractivity contribution in [2.24, 2.45) is 11.7 Å². The molecular formula is C10H21N. The highest BCUT2D eigenvalue weighted by Crippen LogP contribution is 2.11. The van der Waals surface area contributed by atoms with Crippen LogP contribution < -0.4 is 5.73 Å². The van der Waals surface area contributed by atoms with Crippen LogP contribution in [0.15, 0.2) is 12.7 Å². The SMILES string of the molecule is C=CCC(C)[C@@H](N)CCCC. The van der Waals surface area contributed by atoms with Crippen LogP contribution in [-0.4, -0.2) is 6.04 Å². The van der Waals surface area contributed by atoms with Crippen molar-refractivity contribution in [1.82, 2.24) is 0 Å². The molecule has 1 heteroatoms. The molecule has 66 valence electrons. The molecule has 0 aliphatic carbocycles. The first kappa shape index (κ1) is 10.7. The van der Waals surface area contributed by atoms with E-state index in [1.165, 1.54) is 12.8 Å². The Balaban J connectivity index is 3.45. The van der Waals surface area contributed by atoms with E-state index < -0.39 is 0 Å². The Kier molecular flexibility index (Phi) is 6.24. The van der Waals surface area contributed by atoms with Gasteiger partial charge in [0, 0.05) is 6.04 Å². The monoisotopic (exact) mass is 155 g/mol. The summed E-state index contributed by atoms with van der Waals surface area (Å²) < 4.78 is 0. The predicted molar refractivity (Wildman–Crippen MR) is 51.5 cm³/mol. The van der Waals surface area contributed by atoms with Gasteiger partial charge in [0.05, 0.1) is 0 Å². The molecule has 11 heavy (non-hydrogen) atoms. The highest BCUT2D eigenvalue weighted by molar-refractivity contribution is 4.77. The van der Waals surface area contributed by atoms with Crippen LogP contribution in [-0.2, 0) is 0 Å². The minimum atomic E-state index is 0.368. The van der Waals surface area contributed by atoms with E-state index >= 15 is 0 Å². The molecule has 0 aromatic carbocycles. The Bertz CT molecular complexity index is 99.0. The van der Waals surface area contributed by atoms with Gasteiger partial charge in [0.15, 0.2) is 0 Å². The number of rotatable bonds is 6. The van der Waals surface area contributed by atoms with Gasteiger partial charge in [0.25, 0.3) is 0 Å². The molecule has 0 saturated carbocycles. The smallest absolute Gasteiger partial charge is 0.00674 e. The third-order valence-corrected chi connectivity index (χ3v) is 2.16. The Hall–Kier alpha value is -0.300. The standard InChI is InChI=1S/C10H21N/c1-4-6-8-10(11)9(3)7-5-2/h5,9-10H,2,4,6-8,11H2,1,3H3/t9?,10-/m0/s1. The second-order valence-electron chi connectivity index (χ2n) is 3.31. The molecule has 1 unspecified atom stereocenters. The molecule has 0 fully saturated rings. The van der Waals surface area contributed by atoms with E-state index in [0.717, 1.165) is 12.8 Å². The zero-order chi connectivity index (χ0) is 8.69. The molecule has 2 N–H and O–H groups in total. The van der Waals surface area contributed by atoms with Crippen LogP contribution in [0.1, 0.15) is 39.5 Å². The van der Waals surface area contributed by atoms with Crippen molar-refractivity contribution in [3.05, 3.63) is 12.7 Å². The van der Waals surface area contributed by atoms with Crippen LogP contribution in [0.3, 0.4) is 0 Å². The molecule has 1 nitrogen and oxygen atoms in total. The molecule has 0 aliphatic rings. The molecule has 0 aromatic heterocycles. The van der Waals surface area contributed by atoms with E-state index in [1.54, 1.807) is 0 Å². The zero-order valence-electron chi connectivity index (χ0n) is 7.84. The van der Waals surface area contributed by atoms with E-state index in [-0.39, 0.29) is 0 Å². The van der Waals surface area contributed by atoms with Gasteiger partial charge < -0.3 is 5.73 Å². The van der Waals surface area contributed by atoms with Crippen molar-refractivity contribution in [1.29, 1.82) is 0 Å². The fraction of sp³-hybridized carbons (Fsp3) is 0.800. The molecule has 0 aliphatic heterocycles. The molecule has 0 spiro atoms. The fourth-order valence-corrected chi connectivity index (χ4v) is 1.16. The topological polar surface area (TPSA) is 26.0 Å². The third-order valence-electron chi connectivity index (χ3n) is 2.16. The first-order valence-electron chi connectivity index (χ1n) is 4.58. The largest absolute Gasteiger partial charge is 0.327 e. The van der Waals surface area contributed by atoms with Gasteiger partial charge in [-0.3, -0.25) is 0 Å². The van der Waals surface area contributed by atoms with Crippen molar-refractivity contribution >= 4 is 0 Å². The summed E-state index contributed by atoms with van der Waals surface area (Å²) in [6.07, 6.45) is 6.66. The molecule has 0 radical (unpaired) electrons. The molecule has 0 amide bonds. The minimum absolute atomic E-state index is 0.368. The quantitative estimate of drug-likeness (QED) is 0.586. The Labute approximate surface area is 70.7 Å². The molecule has 0 heterocycles. The highest BCUT2D eigenvalue weighted by atomic mass is 14.6. The van der Waals surface area contributed by atoms with Gasteiger partial charge in [0.2, 0.25) is 0 Å². The van der Waals surface area contributed by atoms with Crippen molar-refractivity contribution in [3.63, 3.8) is 0 Å². The predicted octanol–water partition coefficient (Wildman–Crippen LogP) is 2.72. The van der Waals surface area contributed by atoms with E-state index in [2.05, 4.69) is 20.4 Å². The van der Waals surface area contributed by atoms with Crippen molar-refractivity contribution in [2.45, 2.75) is 45.6 Å². The Morgan fingerprint density at radius 3 is 2.64 bits per heavy atom. The van der Waals surface area contributed by atoms with Gasteiger partial charge in [-0.2, -0.15) is 0 Å². The van der Waals surface area contributed by atoms with Crippen LogP contribution in [0, 0.1) is 5.92 Å². The summed E-state index contributed by atoms with van der Waals surface area (Å²) in [6.45, 7) is 8.10. The number of hydrogen-bond donors (Lipinski definition) is 1. The number of nitrogens with two attached hydrogens (primary N) is 1. The summed E-state index contributed by atoms with van der Waals surface area (Å²) in [5.74, 6) is 0.596. The zero-order valence-corrected chi connectivity index (χ0v) is 7.84. The van der Waals surface area contributed by atoms with Gasteiger partial charge in [-0.1, -0.05) is 32.8 Å². The number of unbranched alkanes of at least 4 members (excludes halogenated alkanes) is 1. The van der Waals surface area contributed by atoms with Crippen molar-refractivity contribution < 1.29 is 0 Å². The molecule has 2 atom stereocenters. The second kappa shape index (κ2) is 6.41. The molecule has 0 aromatic rings. The Morgan fingerprint density at radius 2 is 2.18 bits per heavy atom. The van der Waals surface area contributed by atoms with Gasteiger partial charge in [0.1, 0.15) is 0 Å². The maximum atomic E-state index is 5.94. The minimum Gasteiger partial charge on any atom is -0.327 e. The first-order chi connectivity index (χ1) is 5.22. The lowest BCUT2D eigenvalue weighted by atomic mass is 9.95. The van der Waals surface area contributed by atoms with E-state index in [4.69, 9.17) is 5.73 Å². The first-order valence-corrected chi connectivity index (χ1v) is 4.58. The highest BCUT2D eigenvalue weighted by Gasteiger charge is 2.09. The number of hydrogen-bond acceptors (Lipinski definition) is 1. The Morgan fingerprint density at radius 1 is 1.55 bits per heavy atom. The molecule has 0 bridgehead atoms. The fourth-order valence-electron chi connectivity index (χ4n) is 1.16. The van der Waals surface area contributed by atoms with Crippen LogP contribution in [0.25, 0.3) is 0 Å². The van der Waals surface area contributed by atoms with Gasteiger partial charge in [-0.15, -0.1) is 6.58 Å². The third kappa shape index (κ3) is 5.02. The average Bonchev–Trinajstić information content (AvgIpc) is 2.00. The van der Waals surface area contributed by atoms with E-state index in [9.17, 15) is 0 Å². The van der Waals surface area contributed by atoms with Crippen LogP contribution in [0.5, 0.6) is 0 Å². The summed E-state index contributed by atoms with van der Waals surface area (Å²) >= 11 is 0. The normalized spacial score (nSPS) is 15.9. The summed E-state index contributed by atoms with van der Waals surface area (Å²) in [5.41, 5.74) is 5.94. The molecular weight excluding hydrogens is 134 g/mol. The summed E-state index contributed by atoms with van der Waals surface area (Å²) in [7, 11) is 0. The maximum absolute atomic E-state index is 5.94. The van der Waals surface area contributed by atoms with Crippen LogP contribution in [0.2, 0.25) is 0 Å². The lowest BCUT2D eigenvalue weighted by Gasteiger charge is -2.17. The van der Waals surface area contributed by atoms with Crippen LogP contribution in [0.4, 0.5) is 0 Å². The van der Waals surface area contributed by atoms with Gasteiger partial charge in [-0.25, -0.2) is 0 Å². The second-order valence-corrected chi connectivity index (χ2v) is 3.31. The van der Waals surface area contributed by atoms with Gasteiger partial charge >= 0.3 is 0 Å². The maximum Gasteiger partial charge on any atom is 0.00674 e. The summed E-state index contributed by atoms with van der Waals surface area (Å²) in [5, 5.41) is 0. The lowest BCUT2D eigenvalue weighted by molar-refractivity contribution is 0.424. The molecule has 0 rings (SSSR count). The van der Waals surface area contributed by atoms with E-state index in [1.807, 2.05) is 6.08 Å². The van der Waals surface area contributed by atoms with Crippen LogP contribution >= 0.6 is 0 Å². The summed E-state index contributed by atoms with van der Waals surface area (Å²) in [4.78, 5) is 0. The lowest BCUT2D eigenvalue weighted by Crippen LogP contribution is -2.27. The van der Waals surface area contributed by atoms with Crippen molar-refractivity contribution in [3.8, 4) is 0 Å². The number of allylic oxidation sites excluding steroid dienone is 1. The average molecular weight is 155 g/mol. The molecule has 0 saturated heterocycles. The van der Waals surface area contributed by atoms with E-state index in [0.29, 0.717) is 12.0 Å².